The van der Waals surface area contributed by atoms with E-state index in [0.717, 1.165) is 24.3 Å². The van der Waals surface area contributed by atoms with E-state index in [1.807, 2.05) is 42.5 Å². The summed E-state index contributed by atoms with van der Waals surface area (Å²) in [5.41, 5.74) is 2.52. The smallest absolute Gasteiger partial charge is 0.249 e. The van der Waals surface area contributed by atoms with Gasteiger partial charge in [0, 0.05) is 30.5 Å². The average molecular weight is 395 g/mol. The minimum atomic E-state index is -1.04. The Balaban J connectivity index is 1.53. The van der Waals surface area contributed by atoms with Crippen LogP contribution in [-0.4, -0.2) is 55.9 Å². The summed E-state index contributed by atoms with van der Waals surface area (Å²) >= 11 is 0. The molecule has 7 heteroatoms. The zero-order chi connectivity index (χ0) is 20.5. The molecule has 152 valence electrons. The van der Waals surface area contributed by atoms with Gasteiger partial charge in [-0.05, 0) is 35.9 Å². The van der Waals surface area contributed by atoms with Crippen LogP contribution in [0.1, 0.15) is 5.56 Å². The van der Waals surface area contributed by atoms with Crippen molar-refractivity contribution in [3.05, 3.63) is 66.2 Å². The largest absolute Gasteiger partial charge is 0.394 e. The number of hydrogen-bond donors (Lipinski definition) is 3. The third kappa shape index (κ3) is 6.17. The summed E-state index contributed by atoms with van der Waals surface area (Å²) < 4.78 is 5.35. The van der Waals surface area contributed by atoms with E-state index < -0.39 is 24.5 Å². The van der Waals surface area contributed by atoms with Crippen molar-refractivity contribution in [2.24, 2.45) is 0 Å². The van der Waals surface area contributed by atoms with Crippen molar-refractivity contribution in [3.8, 4) is 0 Å². The van der Waals surface area contributed by atoms with Crippen LogP contribution in [0.25, 0.3) is 6.08 Å². The third-order valence-corrected chi connectivity index (χ3v) is 4.55. The zero-order valence-electron chi connectivity index (χ0n) is 16.1. The van der Waals surface area contributed by atoms with E-state index in [-0.39, 0.29) is 0 Å². The average Bonchev–Trinajstić information content (AvgIpc) is 2.78. The van der Waals surface area contributed by atoms with Gasteiger partial charge in [0.25, 0.3) is 0 Å². The highest BCUT2D eigenvalue weighted by Crippen LogP contribution is 2.19. The second-order valence-electron chi connectivity index (χ2n) is 6.62. The molecule has 0 radical (unpaired) electrons. The van der Waals surface area contributed by atoms with E-state index >= 15 is 0 Å². The van der Waals surface area contributed by atoms with Gasteiger partial charge in [0.15, 0.2) is 0 Å². The summed E-state index contributed by atoms with van der Waals surface area (Å²) in [5.74, 6) is -0.932. The quantitative estimate of drug-likeness (QED) is 0.620. The van der Waals surface area contributed by atoms with Gasteiger partial charge < -0.3 is 25.4 Å². The number of nitrogens with zero attached hydrogens (tertiary/aromatic N) is 1. The van der Waals surface area contributed by atoms with Crippen LogP contribution in [0.4, 0.5) is 11.4 Å². The first-order valence-electron chi connectivity index (χ1n) is 9.54. The number of carbonyl (C=O) groups is 2. The van der Waals surface area contributed by atoms with Crippen LogP contribution in [0.5, 0.6) is 0 Å². The maximum atomic E-state index is 12.4. The molecule has 2 aromatic carbocycles. The number of aliphatic hydroxyl groups excluding tert-OH is 1. The van der Waals surface area contributed by atoms with Gasteiger partial charge in [-0.2, -0.15) is 0 Å². The van der Waals surface area contributed by atoms with E-state index in [1.165, 1.54) is 6.08 Å². The molecule has 1 aliphatic heterocycles. The number of aliphatic hydroxyl groups is 1. The highest BCUT2D eigenvalue weighted by Gasteiger charge is 2.19. The van der Waals surface area contributed by atoms with Gasteiger partial charge in [0.2, 0.25) is 11.8 Å². The van der Waals surface area contributed by atoms with Crippen LogP contribution >= 0.6 is 0 Å². The SMILES string of the molecule is O=C(C=Cc1ccccc1)N[C@@H](CO)C(=O)Nc1ccc(N2CCOCC2)cc1. The van der Waals surface area contributed by atoms with E-state index in [0.29, 0.717) is 18.9 Å². The van der Waals surface area contributed by atoms with Gasteiger partial charge in [0.1, 0.15) is 6.04 Å². The van der Waals surface area contributed by atoms with Gasteiger partial charge >= 0.3 is 0 Å². The number of amides is 2. The number of morpholine rings is 1. The van der Waals surface area contributed by atoms with Crippen LogP contribution in [0.2, 0.25) is 0 Å². The predicted molar refractivity (Wildman–Crippen MR) is 113 cm³/mol. The maximum absolute atomic E-state index is 12.4. The number of rotatable bonds is 7. The molecule has 1 aliphatic rings. The molecule has 3 rings (SSSR count). The molecule has 1 atom stereocenters. The van der Waals surface area contributed by atoms with Gasteiger partial charge in [0.05, 0.1) is 19.8 Å². The van der Waals surface area contributed by atoms with Crippen LogP contribution in [0.3, 0.4) is 0 Å². The Kier molecular flexibility index (Phi) is 7.38. The lowest BCUT2D eigenvalue weighted by Crippen LogP contribution is -2.45. The molecule has 0 aromatic heterocycles. The molecule has 0 saturated carbocycles. The van der Waals surface area contributed by atoms with Crippen molar-refractivity contribution in [2.75, 3.05) is 43.1 Å². The lowest BCUT2D eigenvalue weighted by atomic mass is 10.2. The molecule has 2 amide bonds. The Morgan fingerprint density at radius 3 is 2.41 bits per heavy atom. The monoisotopic (exact) mass is 395 g/mol. The van der Waals surface area contributed by atoms with Gasteiger partial charge in [-0.25, -0.2) is 0 Å². The summed E-state index contributed by atoms with van der Waals surface area (Å²) in [5, 5.41) is 14.7. The molecule has 7 nitrogen and oxygen atoms in total. The van der Waals surface area contributed by atoms with E-state index in [2.05, 4.69) is 15.5 Å². The number of nitrogens with one attached hydrogen (secondary N) is 2. The fraction of sp³-hybridized carbons (Fsp3) is 0.273. The van der Waals surface area contributed by atoms with Gasteiger partial charge in [-0.3, -0.25) is 9.59 Å². The van der Waals surface area contributed by atoms with Crippen LogP contribution < -0.4 is 15.5 Å². The fourth-order valence-corrected chi connectivity index (χ4v) is 2.96. The Bertz CT molecular complexity index is 831. The summed E-state index contributed by atoms with van der Waals surface area (Å²) in [6.07, 6.45) is 2.98. The molecule has 3 N–H and O–H groups in total. The van der Waals surface area contributed by atoms with Crippen LogP contribution in [0, 0.1) is 0 Å². The number of ether oxygens (including phenoxy) is 1. The third-order valence-electron chi connectivity index (χ3n) is 4.55. The summed E-state index contributed by atoms with van der Waals surface area (Å²) in [7, 11) is 0. The van der Waals surface area contributed by atoms with Gasteiger partial charge in [-0.1, -0.05) is 30.3 Å². The number of hydrogen-bond acceptors (Lipinski definition) is 5. The van der Waals surface area contributed by atoms with Gasteiger partial charge in [-0.15, -0.1) is 0 Å². The highest BCUT2D eigenvalue weighted by molar-refractivity contribution is 6.00. The minimum absolute atomic E-state index is 0.453. The summed E-state index contributed by atoms with van der Waals surface area (Å²) in [6.45, 7) is 2.58. The first-order chi connectivity index (χ1) is 14.2. The molecule has 1 saturated heterocycles. The van der Waals surface area contributed by atoms with Crippen molar-refractivity contribution >= 4 is 29.3 Å². The second kappa shape index (κ2) is 10.4. The molecular formula is C22H25N3O4. The molecular weight excluding hydrogens is 370 g/mol. The molecule has 1 heterocycles. The van der Waals surface area contributed by atoms with Crippen molar-refractivity contribution in [2.45, 2.75) is 6.04 Å². The first-order valence-corrected chi connectivity index (χ1v) is 9.54. The second-order valence-corrected chi connectivity index (χ2v) is 6.62. The molecule has 0 bridgehead atoms. The molecule has 29 heavy (non-hydrogen) atoms. The Hall–Kier alpha value is -3.16. The fourth-order valence-electron chi connectivity index (χ4n) is 2.96. The van der Waals surface area contributed by atoms with Crippen molar-refractivity contribution < 1.29 is 19.4 Å². The van der Waals surface area contributed by atoms with Crippen molar-refractivity contribution in [1.82, 2.24) is 5.32 Å². The molecule has 1 fully saturated rings. The maximum Gasteiger partial charge on any atom is 0.249 e. The van der Waals surface area contributed by atoms with Crippen LogP contribution in [0.15, 0.2) is 60.7 Å². The van der Waals surface area contributed by atoms with E-state index in [1.54, 1.807) is 18.2 Å². The molecule has 0 aliphatic carbocycles. The topological polar surface area (TPSA) is 90.9 Å². The number of benzene rings is 2. The molecule has 0 unspecified atom stereocenters. The number of anilines is 2. The van der Waals surface area contributed by atoms with Crippen molar-refractivity contribution in [3.63, 3.8) is 0 Å². The summed E-state index contributed by atoms with van der Waals surface area (Å²) in [6, 6.07) is 15.8. The minimum Gasteiger partial charge on any atom is -0.394 e. The molecule has 2 aromatic rings. The molecule has 0 spiro atoms. The van der Waals surface area contributed by atoms with E-state index in [4.69, 9.17) is 4.74 Å². The predicted octanol–water partition coefficient (Wildman–Crippen LogP) is 1.65. The van der Waals surface area contributed by atoms with Crippen LogP contribution in [-0.2, 0) is 14.3 Å². The Morgan fingerprint density at radius 1 is 1.07 bits per heavy atom. The first kappa shape index (κ1) is 20.6. The standard InChI is InChI=1S/C22H25N3O4/c26-16-20(24-21(27)11-6-17-4-2-1-3-5-17)22(28)23-18-7-9-19(10-8-18)25-12-14-29-15-13-25/h1-11,20,26H,12-16H2,(H,23,28)(H,24,27)/t20-/m0/s1. The lowest BCUT2D eigenvalue weighted by Gasteiger charge is -2.29. The normalized spacial score (nSPS) is 15.1. The number of carbonyl (C=O) groups excluding carboxylic acids is 2. The lowest BCUT2D eigenvalue weighted by molar-refractivity contribution is -0.124. The Morgan fingerprint density at radius 2 is 1.76 bits per heavy atom. The zero-order valence-corrected chi connectivity index (χ0v) is 16.1. The highest BCUT2D eigenvalue weighted by atomic mass is 16.5. The summed E-state index contributed by atoms with van der Waals surface area (Å²) in [4.78, 5) is 26.7. The Labute approximate surface area is 170 Å². The van der Waals surface area contributed by atoms with E-state index in [9.17, 15) is 14.7 Å². The van der Waals surface area contributed by atoms with Crippen molar-refractivity contribution in [1.29, 1.82) is 0 Å².